The Hall–Kier alpha value is -2.74. The normalized spacial score (nSPS) is 15.6. The Morgan fingerprint density at radius 1 is 1.13 bits per heavy atom. The van der Waals surface area contributed by atoms with Gasteiger partial charge >= 0.3 is 5.97 Å². The van der Waals surface area contributed by atoms with Crippen LogP contribution in [0.1, 0.15) is 46.8 Å². The van der Waals surface area contributed by atoms with Crippen molar-refractivity contribution in [1.82, 2.24) is 10.2 Å². The topological polar surface area (TPSA) is 86.7 Å². The largest absolute Gasteiger partial charge is 0.481 e. The molecular weight excluding hydrogens is 407 g/mol. The van der Waals surface area contributed by atoms with Crippen molar-refractivity contribution in [3.63, 3.8) is 0 Å². The number of rotatable bonds is 8. The number of carboxylic acids is 1. The summed E-state index contributed by atoms with van der Waals surface area (Å²) in [7, 11) is 0. The first-order chi connectivity index (χ1) is 14.4. The molecule has 3 rings (SSSR count). The van der Waals surface area contributed by atoms with Gasteiger partial charge in [-0.05, 0) is 42.3 Å². The second-order valence-corrected chi connectivity index (χ2v) is 8.51. The van der Waals surface area contributed by atoms with Crippen LogP contribution in [0.2, 0.25) is 0 Å². The van der Waals surface area contributed by atoms with Gasteiger partial charge in [-0.15, -0.1) is 11.3 Å². The number of nitrogens with one attached hydrogen (secondary N) is 1. The zero-order valence-corrected chi connectivity index (χ0v) is 17.4. The van der Waals surface area contributed by atoms with E-state index in [9.17, 15) is 18.8 Å². The molecule has 1 aromatic heterocycles. The number of thiophene rings is 1. The number of likely N-dealkylation sites (tertiary alicyclic amines) is 1. The number of aliphatic carboxylic acids is 1. The predicted molar refractivity (Wildman–Crippen MR) is 112 cm³/mol. The van der Waals surface area contributed by atoms with Gasteiger partial charge in [0.2, 0.25) is 5.91 Å². The Morgan fingerprint density at radius 3 is 2.50 bits per heavy atom. The number of benzene rings is 1. The quantitative estimate of drug-likeness (QED) is 0.668. The van der Waals surface area contributed by atoms with E-state index in [0.717, 1.165) is 17.7 Å². The molecule has 1 aliphatic rings. The molecule has 1 atom stereocenters. The van der Waals surface area contributed by atoms with Crippen molar-refractivity contribution in [2.45, 2.75) is 31.6 Å². The molecule has 1 aliphatic heterocycles. The number of amides is 2. The molecule has 0 aliphatic carbocycles. The van der Waals surface area contributed by atoms with Gasteiger partial charge in [-0.1, -0.05) is 18.2 Å². The van der Waals surface area contributed by atoms with Crippen LogP contribution in [0.25, 0.3) is 0 Å². The highest BCUT2D eigenvalue weighted by Gasteiger charge is 2.26. The maximum absolute atomic E-state index is 13.8. The van der Waals surface area contributed by atoms with Crippen molar-refractivity contribution in [3.8, 4) is 0 Å². The first-order valence-corrected chi connectivity index (χ1v) is 10.9. The lowest BCUT2D eigenvalue weighted by molar-refractivity contribution is -0.137. The highest BCUT2D eigenvalue weighted by molar-refractivity contribution is 7.10. The first kappa shape index (κ1) is 22.0. The lowest BCUT2D eigenvalue weighted by Gasteiger charge is -2.32. The fourth-order valence-electron chi connectivity index (χ4n) is 3.71. The smallest absolute Gasteiger partial charge is 0.304 e. The third kappa shape index (κ3) is 5.89. The van der Waals surface area contributed by atoms with Crippen molar-refractivity contribution in [2.75, 3.05) is 19.6 Å². The van der Waals surface area contributed by atoms with E-state index >= 15 is 0 Å². The van der Waals surface area contributed by atoms with Crippen LogP contribution >= 0.6 is 11.3 Å². The van der Waals surface area contributed by atoms with Gasteiger partial charge in [0.15, 0.2) is 0 Å². The molecule has 0 spiro atoms. The number of piperidine rings is 1. The van der Waals surface area contributed by atoms with Gasteiger partial charge in [0.1, 0.15) is 5.82 Å². The van der Waals surface area contributed by atoms with Gasteiger partial charge in [0.25, 0.3) is 5.91 Å². The molecule has 0 unspecified atom stereocenters. The highest BCUT2D eigenvalue weighted by atomic mass is 32.1. The van der Waals surface area contributed by atoms with Crippen LogP contribution in [-0.4, -0.2) is 47.4 Å². The standard InChI is InChI=1S/C22H25FN2O4S/c23-18-5-2-1-4-17(18)22(29)25-9-7-15(8-10-25)14-24-20(26)12-16(13-21(27)28)19-6-3-11-30-19/h1-6,11,15-16H,7-10,12-14H2,(H,24,26)(H,27,28)/t16-/m0/s1. The summed E-state index contributed by atoms with van der Waals surface area (Å²) in [5.41, 5.74) is 0.0855. The molecule has 2 N–H and O–H groups in total. The van der Waals surface area contributed by atoms with Crippen molar-refractivity contribution >= 4 is 29.1 Å². The minimum absolute atomic E-state index is 0.0789. The number of carbonyl (C=O) groups is 3. The van der Waals surface area contributed by atoms with E-state index in [0.29, 0.717) is 19.6 Å². The summed E-state index contributed by atoms with van der Waals surface area (Å²) in [6.45, 7) is 1.53. The summed E-state index contributed by atoms with van der Waals surface area (Å²) in [6, 6.07) is 9.68. The zero-order valence-electron chi connectivity index (χ0n) is 16.6. The molecule has 30 heavy (non-hydrogen) atoms. The Bertz CT molecular complexity index is 879. The number of halogens is 1. The minimum Gasteiger partial charge on any atom is -0.481 e. The molecule has 160 valence electrons. The molecule has 0 saturated carbocycles. The molecule has 1 saturated heterocycles. The second kappa shape index (κ2) is 10.3. The van der Waals surface area contributed by atoms with Gasteiger partial charge in [-0.25, -0.2) is 4.39 Å². The molecule has 0 radical (unpaired) electrons. The molecule has 0 bridgehead atoms. The SMILES string of the molecule is O=C(O)C[C@H](CC(=O)NCC1CCN(C(=O)c2ccccc2F)CC1)c1cccs1. The Morgan fingerprint density at radius 2 is 1.87 bits per heavy atom. The molecule has 1 aromatic carbocycles. The maximum Gasteiger partial charge on any atom is 0.304 e. The maximum atomic E-state index is 13.8. The van der Waals surface area contributed by atoms with Gasteiger partial charge in [0.05, 0.1) is 12.0 Å². The van der Waals surface area contributed by atoms with Gasteiger partial charge in [0, 0.05) is 36.9 Å². The van der Waals surface area contributed by atoms with Gasteiger partial charge < -0.3 is 15.3 Å². The third-order valence-electron chi connectivity index (χ3n) is 5.39. The van der Waals surface area contributed by atoms with Gasteiger partial charge in [-0.2, -0.15) is 0 Å². The van der Waals surface area contributed by atoms with Crippen LogP contribution in [0.3, 0.4) is 0 Å². The summed E-state index contributed by atoms with van der Waals surface area (Å²) < 4.78 is 13.8. The van der Waals surface area contributed by atoms with E-state index in [1.165, 1.54) is 23.5 Å². The number of carbonyl (C=O) groups excluding carboxylic acids is 2. The summed E-state index contributed by atoms with van der Waals surface area (Å²) in [5.74, 6) is -2.00. The fraction of sp³-hybridized carbons (Fsp3) is 0.409. The van der Waals surface area contributed by atoms with E-state index < -0.39 is 11.8 Å². The van der Waals surface area contributed by atoms with Crippen LogP contribution in [0.15, 0.2) is 41.8 Å². The average Bonchev–Trinajstić information content (AvgIpc) is 3.27. The van der Waals surface area contributed by atoms with Crippen molar-refractivity contribution in [3.05, 3.63) is 58.0 Å². The van der Waals surface area contributed by atoms with Crippen LogP contribution in [0.5, 0.6) is 0 Å². The van der Waals surface area contributed by atoms with Crippen molar-refractivity contribution < 1.29 is 23.9 Å². The Labute approximate surface area is 178 Å². The van der Waals surface area contributed by atoms with Crippen LogP contribution in [-0.2, 0) is 9.59 Å². The molecule has 8 heteroatoms. The predicted octanol–water partition coefficient (Wildman–Crippen LogP) is 3.50. The molecule has 2 amide bonds. The summed E-state index contributed by atoms with van der Waals surface area (Å²) in [6.07, 6.45) is 1.51. The summed E-state index contributed by atoms with van der Waals surface area (Å²) >= 11 is 1.46. The number of hydrogen-bond acceptors (Lipinski definition) is 4. The molecule has 1 fully saturated rings. The lowest BCUT2D eigenvalue weighted by atomic mass is 9.95. The van der Waals surface area contributed by atoms with E-state index in [4.69, 9.17) is 5.11 Å². The van der Waals surface area contributed by atoms with E-state index in [1.54, 1.807) is 17.0 Å². The number of carboxylic acid groups (broad SMARTS) is 1. The summed E-state index contributed by atoms with van der Waals surface area (Å²) in [4.78, 5) is 38.5. The first-order valence-electron chi connectivity index (χ1n) is 9.99. The van der Waals surface area contributed by atoms with Gasteiger partial charge in [-0.3, -0.25) is 14.4 Å². The minimum atomic E-state index is -0.923. The molecule has 2 heterocycles. The van der Waals surface area contributed by atoms with Crippen LogP contribution in [0, 0.1) is 11.7 Å². The molecular formula is C22H25FN2O4S. The Kier molecular flexibility index (Phi) is 7.57. The van der Waals surface area contributed by atoms with Crippen molar-refractivity contribution in [2.24, 2.45) is 5.92 Å². The molecule has 6 nitrogen and oxygen atoms in total. The number of nitrogens with zero attached hydrogens (tertiary/aromatic N) is 1. The zero-order chi connectivity index (χ0) is 21.5. The molecule has 2 aromatic rings. The summed E-state index contributed by atoms with van der Waals surface area (Å²) in [5, 5.41) is 13.9. The lowest BCUT2D eigenvalue weighted by Crippen LogP contribution is -2.42. The van der Waals surface area contributed by atoms with Crippen molar-refractivity contribution in [1.29, 1.82) is 0 Å². The van der Waals surface area contributed by atoms with E-state index in [2.05, 4.69) is 5.32 Å². The highest BCUT2D eigenvalue weighted by Crippen LogP contribution is 2.28. The number of hydrogen-bond donors (Lipinski definition) is 2. The fourth-order valence-corrected chi connectivity index (χ4v) is 4.54. The third-order valence-corrected chi connectivity index (χ3v) is 6.43. The monoisotopic (exact) mass is 432 g/mol. The van der Waals surface area contributed by atoms with E-state index in [1.807, 2.05) is 17.5 Å². The second-order valence-electron chi connectivity index (χ2n) is 7.53. The average molecular weight is 433 g/mol. The van der Waals surface area contributed by atoms with Crippen LogP contribution < -0.4 is 5.32 Å². The Balaban J connectivity index is 1.45. The van der Waals surface area contributed by atoms with E-state index in [-0.39, 0.29) is 42.1 Å². The van der Waals surface area contributed by atoms with Crippen LogP contribution in [0.4, 0.5) is 4.39 Å².